The zero-order valence-electron chi connectivity index (χ0n) is 8.92. The van der Waals surface area contributed by atoms with Gasteiger partial charge in [-0.05, 0) is 24.1 Å². The molecule has 3 nitrogen and oxygen atoms in total. The van der Waals surface area contributed by atoms with Crippen LogP contribution in [0.1, 0.15) is 19.4 Å². The molecule has 1 aromatic carbocycles. The van der Waals surface area contributed by atoms with E-state index in [-0.39, 0.29) is 5.91 Å². The molecule has 3 heteroatoms. The minimum absolute atomic E-state index is 0.0437. The quantitative estimate of drug-likeness (QED) is 0.772. The number of carbonyl (C=O) groups excluding carboxylic acids is 1. The maximum atomic E-state index is 11.0. The van der Waals surface area contributed by atoms with Crippen LogP contribution in [0.25, 0.3) is 10.9 Å². The van der Waals surface area contributed by atoms with Crippen molar-refractivity contribution >= 4 is 22.5 Å². The van der Waals surface area contributed by atoms with Crippen LogP contribution in [0.4, 0.5) is 5.69 Å². The van der Waals surface area contributed by atoms with E-state index < -0.39 is 0 Å². The molecule has 0 saturated carbocycles. The van der Waals surface area contributed by atoms with Gasteiger partial charge in [-0.25, -0.2) is 0 Å². The van der Waals surface area contributed by atoms with Gasteiger partial charge < -0.3 is 10.3 Å². The second-order valence-electron chi connectivity index (χ2n) is 3.62. The first-order chi connectivity index (χ1) is 7.20. The molecular formula is C12H14N2O. The fraction of sp³-hybridized carbons (Fsp3) is 0.250. The molecule has 0 fully saturated rings. The molecule has 0 aliphatic rings. The van der Waals surface area contributed by atoms with Crippen LogP contribution in [0.5, 0.6) is 0 Å². The predicted molar refractivity (Wildman–Crippen MR) is 62.0 cm³/mol. The largest absolute Gasteiger partial charge is 0.359 e. The third kappa shape index (κ3) is 1.86. The molecule has 15 heavy (non-hydrogen) atoms. The summed E-state index contributed by atoms with van der Waals surface area (Å²) in [4.78, 5) is 14.1. The van der Waals surface area contributed by atoms with E-state index in [1.54, 1.807) is 0 Å². The van der Waals surface area contributed by atoms with Crippen LogP contribution in [0, 0.1) is 0 Å². The lowest BCUT2D eigenvalue weighted by Crippen LogP contribution is -2.04. The maximum absolute atomic E-state index is 11.0. The van der Waals surface area contributed by atoms with E-state index in [0.29, 0.717) is 0 Å². The Hall–Kier alpha value is -1.77. The zero-order chi connectivity index (χ0) is 10.8. The Kier molecular flexibility index (Phi) is 2.46. The third-order valence-electron chi connectivity index (χ3n) is 2.47. The lowest BCUT2D eigenvalue weighted by atomic mass is 10.1. The van der Waals surface area contributed by atoms with Crippen molar-refractivity contribution in [2.75, 3.05) is 5.32 Å². The number of nitrogens with one attached hydrogen (secondary N) is 2. The second-order valence-corrected chi connectivity index (χ2v) is 3.62. The van der Waals surface area contributed by atoms with E-state index in [0.717, 1.165) is 23.0 Å². The third-order valence-corrected chi connectivity index (χ3v) is 2.47. The summed E-state index contributed by atoms with van der Waals surface area (Å²) in [6.45, 7) is 3.63. The highest BCUT2D eigenvalue weighted by Gasteiger charge is 2.04. The van der Waals surface area contributed by atoms with Crippen molar-refractivity contribution in [3.63, 3.8) is 0 Å². The van der Waals surface area contributed by atoms with E-state index >= 15 is 0 Å². The number of rotatable bonds is 2. The molecule has 0 radical (unpaired) electrons. The smallest absolute Gasteiger partial charge is 0.221 e. The molecule has 2 aromatic rings. The molecule has 0 aliphatic carbocycles. The van der Waals surface area contributed by atoms with Crippen LogP contribution in [0.15, 0.2) is 24.4 Å². The Morgan fingerprint density at radius 1 is 1.47 bits per heavy atom. The summed E-state index contributed by atoms with van der Waals surface area (Å²) in [5.74, 6) is -0.0437. The van der Waals surface area contributed by atoms with E-state index in [9.17, 15) is 4.79 Å². The van der Waals surface area contributed by atoms with Gasteiger partial charge in [-0.1, -0.05) is 13.0 Å². The lowest BCUT2D eigenvalue weighted by Gasteiger charge is -2.01. The molecule has 2 N–H and O–H groups in total. The van der Waals surface area contributed by atoms with Gasteiger partial charge in [0.05, 0.1) is 5.69 Å². The Bertz CT molecular complexity index is 499. The highest BCUT2D eigenvalue weighted by molar-refractivity contribution is 6.01. The second kappa shape index (κ2) is 3.77. The van der Waals surface area contributed by atoms with Gasteiger partial charge in [-0.3, -0.25) is 4.79 Å². The summed E-state index contributed by atoms with van der Waals surface area (Å²) in [5.41, 5.74) is 3.18. The average Bonchev–Trinajstić information content (AvgIpc) is 2.60. The molecular weight excluding hydrogens is 188 g/mol. The van der Waals surface area contributed by atoms with Crippen molar-refractivity contribution in [3.8, 4) is 0 Å². The molecule has 0 aliphatic heterocycles. The first-order valence-corrected chi connectivity index (χ1v) is 5.08. The van der Waals surface area contributed by atoms with E-state index in [1.807, 2.05) is 12.3 Å². The molecule has 0 atom stereocenters. The number of aromatic amines is 1. The van der Waals surface area contributed by atoms with Crippen molar-refractivity contribution in [3.05, 3.63) is 30.0 Å². The highest BCUT2D eigenvalue weighted by atomic mass is 16.1. The number of hydrogen-bond donors (Lipinski definition) is 2. The molecule has 0 spiro atoms. The first kappa shape index (κ1) is 9.77. The van der Waals surface area contributed by atoms with Crippen molar-refractivity contribution < 1.29 is 4.79 Å². The number of amides is 1. The normalized spacial score (nSPS) is 10.5. The summed E-state index contributed by atoms with van der Waals surface area (Å²) < 4.78 is 0. The van der Waals surface area contributed by atoms with Gasteiger partial charge in [0.15, 0.2) is 0 Å². The van der Waals surface area contributed by atoms with Gasteiger partial charge in [0.2, 0.25) is 5.91 Å². The number of aromatic nitrogens is 1. The van der Waals surface area contributed by atoms with E-state index in [1.165, 1.54) is 12.5 Å². The summed E-state index contributed by atoms with van der Waals surface area (Å²) in [6, 6.07) is 6.24. The van der Waals surface area contributed by atoms with E-state index in [2.05, 4.69) is 29.4 Å². The molecule has 0 unspecified atom stereocenters. The minimum Gasteiger partial charge on any atom is -0.359 e. The van der Waals surface area contributed by atoms with Crippen LogP contribution < -0.4 is 5.32 Å². The van der Waals surface area contributed by atoms with Gasteiger partial charge >= 0.3 is 0 Å². The number of carbonyl (C=O) groups is 1. The van der Waals surface area contributed by atoms with E-state index in [4.69, 9.17) is 0 Å². The Labute approximate surface area is 88.5 Å². The lowest BCUT2D eigenvalue weighted by molar-refractivity contribution is -0.114. The Morgan fingerprint density at radius 2 is 2.27 bits per heavy atom. The van der Waals surface area contributed by atoms with Crippen LogP contribution in [0.2, 0.25) is 0 Å². The first-order valence-electron chi connectivity index (χ1n) is 5.08. The summed E-state index contributed by atoms with van der Waals surface area (Å²) >= 11 is 0. The molecule has 1 aromatic heterocycles. The molecule has 0 saturated heterocycles. The molecule has 1 heterocycles. The zero-order valence-corrected chi connectivity index (χ0v) is 8.92. The van der Waals surface area contributed by atoms with Crippen molar-refractivity contribution in [2.45, 2.75) is 20.3 Å². The van der Waals surface area contributed by atoms with Gasteiger partial charge in [0.1, 0.15) is 0 Å². The summed E-state index contributed by atoms with van der Waals surface area (Å²) in [7, 11) is 0. The monoisotopic (exact) mass is 202 g/mol. The van der Waals surface area contributed by atoms with Crippen LogP contribution >= 0.6 is 0 Å². The summed E-state index contributed by atoms with van der Waals surface area (Å²) in [5, 5.41) is 3.88. The minimum atomic E-state index is -0.0437. The predicted octanol–water partition coefficient (Wildman–Crippen LogP) is 2.69. The number of H-pyrrole nitrogens is 1. The number of anilines is 1. The van der Waals surface area contributed by atoms with Gasteiger partial charge in [-0.2, -0.15) is 0 Å². The average molecular weight is 202 g/mol. The van der Waals surface area contributed by atoms with Gasteiger partial charge in [-0.15, -0.1) is 0 Å². The molecule has 1 amide bonds. The fourth-order valence-electron chi connectivity index (χ4n) is 1.68. The van der Waals surface area contributed by atoms with Crippen molar-refractivity contribution in [1.29, 1.82) is 0 Å². The summed E-state index contributed by atoms with van der Waals surface area (Å²) in [6.07, 6.45) is 2.83. The van der Waals surface area contributed by atoms with Gasteiger partial charge in [0, 0.05) is 24.0 Å². The van der Waals surface area contributed by atoms with Crippen LogP contribution in [-0.2, 0) is 11.2 Å². The van der Waals surface area contributed by atoms with Crippen molar-refractivity contribution in [1.82, 2.24) is 4.98 Å². The topological polar surface area (TPSA) is 44.9 Å². The fourth-order valence-corrected chi connectivity index (χ4v) is 1.68. The van der Waals surface area contributed by atoms with Crippen molar-refractivity contribution in [2.24, 2.45) is 0 Å². The maximum Gasteiger partial charge on any atom is 0.221 e. The van der Waals surface area contributed by atoms with Gasteiger partial charge in [0.25, 0.3) is 0 Å². The van der Waals surface area contributed by atoms with Crippen LogP contribution in [-0.4, -0.2) is 10.9 Å². The molecule has 78 valence electrons. The Morgan fingerprint density at radius 3 is 2.93 bits per heavy atom. The highest BCUT2D eigenvalue weighted by Crippen LogP contribution is 2.24. The molecule has 2 rings (SSSR count). The SMILES string of the molecule is CCc1ccc2[nH]cc(NC(C)=O)c2c1. The Balaban J connectivity index is 2.51. The number of fused-ring (bicyclic) bond motifs is 1. The van der Waals surface area contributed by atoms with Crippen LogP contribution in [0.3, 0.4) is 0 Å². The number of hydrogen-bond acceptors (Lipinski definition) is 1. The number of benzene rings is 1. The number of aryl methyl sites for hydroxylation is 1. The standard InChI is InChI=1S/C12H14N2O/c1-3-9-4-5-11-10(6-9)12(7-13-11)14-8(2)15/h4-7,13H,3H2,1-2H3,(H,14,15). The molecule has 0 bridgehead atoms.